The highest BCUT2D eigenvalue weighted by atomic mass is 14.9. The Morgan fingerprint density at radius 1 is 0.759 bits per heavy atom. The molecule has 0 bridgehead atoms. The summed E-state index contributed by atoms with van der Waals surface area (Å²) in [5.41, 5.74) is 6.15. The van der Waals surface area contributed by atoms with Crippen LogP contribution in [-0.2, 0) is 14.1 Å². The van der Waals surface area contributed by atoms with Crippen LogP contribution >= 0.6 is 0 Å². The monoisotopic (exact) mass is 376 g/mol. The van der Waals surface area contributed by atoms with Crippen LogP contribution in [0, 0.1) is 0 Å². The standard InChI is InChI=1S/C27H24N2/c1-5-19(16-26-18(2)21-10-6-8-12-24(21)28(26)3)20-14-15-23-22-11-7-9-13-25(22)29(4)27(23)17-20/h5-17H,2H2,1,3-4H3/b19-5+,26-16+. The maximum absolute atomic E-state index is 4.36. The zero-order chi connectivity index (χ0) is 20.1. The van der Waals surface area contributed by atoms with Gasteiger partial charge in [0.05, 0.1) is 0 Å². The number of fused-ring (bicyclic) bond motifs is 4. The average molecular weight is 377 g/mol. The topological polar surface area (TPSA) is 9.86 Å². The van der Waals surface area contributed by atoms with Crippen LogP contribution in [0.15, 0.2) is 72.8 Å². The Hall–Kier alpha value is -3.52. The van der Waals surface area contributed by atoms with Crippen LogP contribution in [0.25, 0.3) is 50.9 Å². The van der Waals surface area contributed by atoms with Crippen molar-refractivity contribution < 1.29 is 0 Å². The van der Waals surface area contributed by atoms with E-state index in [4.69, 9.17) is 0 Å². The fraction of sp³-hybridized carbons (Fsp3) is 0.111. The number of allylic oxidation sites excluding steroid dienone is 2. The first-order chi connectivity index (χ1) is 14.1. The van der Waals surface area contributed by atoms with Crippen molar-refractivity contribution in [2.75, 3.05) is 0 Å². The number of nitrogens with zero attached hydrogens (tertiary/aromatic N) is 2. The van der Waals surface area contributed by atoms with Gasteiger partial charge in [-0.1, -0.05) is 61.2 Å². The lowest BCUT2D eigenvalue weighted by Crippen LogP contribution is -2.26. The van der Waals surface area contributed by atoms with Crippen LogP contribution in [0.1, 0.15) is 12.5 Å². The summed E-state index contributed by atoms with van der Waals surface area (Å²) in [5, 5.41) is 6.03. The molecular weight excluding hydrogens is 352 g/mol. The summed E-state index contributed by atoms with van der Waals surface area (Å²) in [6.07, 6.45) is 4.44. The van der Waals surface area contributed by atoms with Crippen molar-refractivity contribution in [1.29, 1.82) is 0 Å². The molecular formula is C27H24N2. The second-order valence-corrected chi connectivity index (χ2v) is 7.64. The molecule has 0 spiro atoms. The van der Waals surface area contributed by atoms with Gasteiger partial charge >= 0.3 is 0 Å². The molecule has 3 aromatic carbocycles. The third-order valence-corrected chi connectivity index (χ3v) is 6.11. The second kappa shape index (κ2) is 6.52. The van der Waals surface area contributed by atoms with Crippen molar-refractivity contribution in [2.45, 2.75) is 6.92 Å². The van der Waals surface area contributed by atoms with E-state index >= 15 is 0 Å². The molecule has 5 rings (SSSR count). The number of hydrogen-bond acceptors (Lipinski definition) is 0. The number of aromatic nitrogens is 2. The Kier molecular flexibility index (Phi) is 3.95. The van der Waals surface area contributed by atoms with E-state index in [0.717, 1.165) is 10.6 Å². The summed E-state index contributed by atoms with van der Waals surface area (Å²) < 4.78 is 4.52. The number of hydrogen-bond donors (Lipinski definition) is 0. The number of rotatable bonds is 2. The largest absolute Gasteiger partial charge is 0.344 e. The summed E-state index contributed by atoms with van der Waals surface area (Å²) >= 11 is 0. The van der Waals surface area contributed by atoms with Crippen molar-refractivity contribution in [3.63, 3.8) is 0 Å². The molecule has 0 fully saturated rings. The zero-order valence-corrected chi connectivity index (χ0v) is 17.1. The van der Waals surface area contributed by atoms with E-state index in [0.29, 0.717) is 0 Å². The maximum atomic E-state index is 4.36. The Balaban J connectivity index is 1.74. The van der Waals surface area contributed by atoms with Crippen molar-refractivity contribution in [3.05, 3.63) is 88.9 Å². The minimum absolute atomic E-state index is 1.08. The Morgan fingerprint density at radius 2 is 1.38 bits per heavy atom. The third-order valence-electron chi connectivity index (χ3n) is 6.11. The molecule has 0 saturated heterocycles. The lowest BCUT2D eigenvalue weighted by atomic mass is 10.0. The molecule has 2 heterocycles. The van der Waals surface area contributed by atoms with Crippen LogP contribution in [-0.4, -0.2) is 9.13 Å². The first-order valence-corrected chi connectivity index (χ1v) is 9.98. The van der Waals surface area contributed by atoms with Gasteiger partial charge in [-0.05, 0) is 42.3 Å². The summed E-state index contributed by atoms with van der Waals surface area (Å²) in [5.74, 6) is 0. The lowest BCUT2D eigenvalue weighted by molar-refractivity contribution is 0.926. The predicted molar refractivity (Wildman–Crippen MR) is 126 cm³/mol. The minimum atomic E-state index is 1.08. The van der Waals surface area contributed by atoms with Gasteiger partial charge in [-0.3, -0.25) is 0 Å². The van der Waals surface area contributed by atoms with E-state index in [1.807, 2.05) is 0 Å². The van der Waals surface area contributed by atoms with E-state index in [-0.39, 0.29) is 0 Å². The predicted octanol–water partition coefficient (Wildman–Crippen LogP) is 5.12. The number of para-hydroxylation sites is 2. The molecule has 0 saturated carbocycles. The minimum Gasteiger partial charge on any atom is -0.344 e. The molecule has 0 amide bonds. The highest BCUT2D eigenvalue weighted by Crippen LogP contribution is 2.30. The molecule has 29 heavy (non-hydrogen) atoms. The molecule has 0 atom stereocenters. The van der Waals surface area contributed by atoms with Gasteiger partial charge in [0, 0.05) is 57.4 Å². The molecule has 0 aliphatic carbocycles. The van der Waals surface area contributed by atoms with Gasteiger partial charge < -0.3 is 9.13 Å². The summed E-state index contributed by atoms with van der Waals surface area (Å²) in [6.45, 7) is 6.46. The molecule has 2 aromatic heterocycles. The summed E-state index contributed by atoms with van der Waals surface area (Å²) in [7, 11) is 4.26. The highest BCUT2D eigenvalue weighted by molar-refractivity contribution is 6.09. The van der Waals surface area contributed by atoms with Crippen LogP contribution in [0.2, 0.25) is 0 Å². The van der Waals surface area contributed by atoms with Gasteiger partial charge in [0.2, 0.25) is 0 Å². The van der Waals surface area contributed by atoms with Gasteiger partial charge in [-0.25, -0.2) is 0 Å². The maximum Gasteiger partial charge on any atom is 0.0494 e. The molecule has 0 N–H and O–H groups in total. The fourth-order valence-electron chi connectivity index (χ4n) is 4.50. The van der Waals surface area contributed by atoms with Crippen LogP contribution in [0.3, 0.4) is 0 Å². The van der Waals surface area contributed by atoms with E-state index in [2.05, 4.69) is 116 Å². The molecule has 2 nitrogen and oxygen atoms in total. The quantitative estimate of drug-likeness (QED) is 0.405. The van der Waals surface area contributed by atoms with Crippen molar-refractivity contribution in [2.24, 2.45) is 14.1 Å². The smallest absolute Gasteiger partial charge is 0.0494 e. The van der Waals surface area contributed by atoms with Crippen LogP contribution in [0.5, 0.6) is 0 Å². The SMILES string of the molecule is C=c1/c(=C\C(=C/C)c2ccc3c4ccccc4n(C)c3c2)n(C)c2ccccc12. The van der Waals surface area contributed by atoms with Gasteiger partial charge in [-0.2, -0.15) is 0 Å². The summed E-state index contributed by atoms with van der Waals surface area (Å²) in [6, 6.07) is 23.8. The Labute approximate surface area is 170 Å². The van der Waals surface area contributed by atoms with E-state index in [1.54, 1.807) is 0 Å². The molecule has 5 aromatic rings. The lowest BCUT2D eigenvalue weighted by Gasteiger charge is -2.05. The molecule has 0 aliphatic heterocycles. The van der Waals surface area contributed by atoms with Crippen LogP contribution in [0.4, 0.5) is 0 Å². The van der Waals surface area contributed by atoms with Crippen molar-refractivity contribution >= 4 is 50.9 Å². The normalized spacial score (nSPS) is 13.2. The average Bonchev–Trinajstić information content (AvgIpc) is 3.18. The van der Waals surface area contributed by atoms with Crippen LogP contribution < -0.4 is 10.6 Å². The third kappa shape index (κ3) is 2.56. The second-order valence-electron chi connectivity index (χ2n) is 7.64. The number of benzene rings is 3. The Bertz CT molecular complexity index is 1540. The van der Waals surface area contributed by atoms with Gasteiger partial charge in [-0.15, -0.1) is 0 Å². The molecule has 142 valence electrons. The van der Waals surface area contributed by atoms with Gasteiger partial charge in [0.1, 0.15) is 0 Å². The first-order valence-electron chi connectivity index (χ1n) is 9.98. The highest BCUT2D eigenvalue weighted by Gasteiger charge is 2.10. The van der Waals surface area contributed by atoms with E-state index in [9.17, 15) is 0 Å². The van der Waals surface area contributed by atoms with E-state index < -0.39 is 0 Å². The van der Waals surface area contributed by atoms with Crippen molar-refractivity contribution in [1.82, 2.24) is 9.13 Å². The van der Waals surface area contributed by atoms with Gasteiger partial charge in [0.25, 0.3) is 0 Å². The number of aryl methyl sites for hydroxylation is 2. The van der Waals surface area contributed by atoms with Gasteiger partial charge in [0.15, 0.2) is 0 Å². The molecule has 2 heteroatoms. The molecule has 0 radical (unpaired) electrons. The zero-order valence-electron chi connectivity index (χ0n) is 17.1. The van der Waals surface area contributed by atoms with E-state index in [1.165, 1.54) is 43.8 Å². The Morgan fingerprint density at radius 3 is 2.07 bits per heavy atom. The summed E-state index contributed by atoms with van der Waals surface area (Å²) in [4.78, 5) is 0. The molecule has 0 unspecified atom stereocenters. The first kappa shape index (κ1) is 17.6. The van der Waals surface area contributed by atoms with Crippen molar-refractivity contribution in [3.8, 4) is 0 Å². The molecule has 0 aliphatic rings. The fourth-order valence-corrected chi connectivity index (χ4v) is 4.50.